The van der Waals surface area contributed by atoms with Gasteiger partial charge in [-0.05, 0) is 55.0 Å². The maximum Gasteiger partial charge on any atom is 0.248 e. The molecule has 0 unspecified atom stereocenters. The molecule has 5 rings (SSSR count). The molecule has 3 aromatic rings. The summed E-state index contributed by atoms with van der Waals surface area (Å²) in [5, 5.41) is 17.6. The number of amides is 2. The fraction of sp³-hybridized carbons (Fsp3) is 0.577. The lowest BCUT2D eigenvalue weighted by atomic mass is 10.1. The fourth-order valence-electron chi connectivity index (χ4n) is 5.08. The molecule has 1 N–H and O–H groups in total. The Bertz CT molecular complexity index is 1180. The third-order valence-electron chi connectivity index (χ3n) is 7.06. The van der Waals surface area contributed by atoms with E-state index in [-0.39, 0.29) is 24.4 Å². The number of rotatable bonds is 11. The monoisotopic (exact) mass is 541 g/mol. The number of carbonyl (C=O) groups excluding carboxylic acids is 2. The average Bonchev–Trinajstić information content (AvgIpc) is 3.73. The predicted octanol–water partition coefficient (Wildman–Crippen LogP) is 2.65. The van der Waals surface area contributed by atoms with Crippen LogP contribution in [0.2, 0.25) is 0 Å². The summed E-state index contributed by atoms with van der Waals surface area (Å²) in [7, 11) is 0. The van der Waals surface area contributed by atoms with Crippen LogP contribution >= 0.6 is 11.3 Å². The summed E-state index contributed by atoms with van der Waals surface area (Å²) >= 11 is 1.49. The first kappa shape index (κ1) is 26.5. The number of aryl methyl sites for hydroxylation is 1. The van der Waals surface area contributed by atoms with Gasteiger partial charge in [0.15, 0.2) is 5.76 Å². The lowest BCUT2D eigenvalue weighted by Crippen LogP contribution is -2.48. The lowest BCUT2D eigenvalue weighted by molar-refractivity contribution is -0.142. The highest BCUT2D eigenvalue weighted by Gasteiger charge is 2.34. The van der Waals surface area contributed by atoms with Crippen molar-refractivity contribution in [2.24, 2.45) is 0 Å². The topological polar surface area (TPSA) is 119 Å². The molecule has 1 atom stereocenters. The van der Waals surface area contributed by atoms with Crippen molar-refractivity contribution in [3.63, 3.8) is 0 Å². The van der Waals surface area contributed by atoms with Crippen LogP contribution in [0.5, 0.6) is 0 Å². The number of nitrogens with one attached hydrogen (secondary N) is 1. The Morgan fingerprint density at radius 3 is 2.74 bits per heavy atom. The molecule has 0 spiro atoms. The van der Waals surface area contributed by atoms with Gasteiger partial charge in [-0.3, -0.25) is 14.5 Å². The van der Waals surface area contributed by atoms with E-state index in [1.54, 1.807) is 11.0 Å². The molecule has 4 heterocycles. The summed E-state index contributed by atoms with van der Waals surface area (Å²) in [4.78, 5) is 33.6. The largest absolute Gasteiger partial charge is 0.458 e. The number of nitrogens with zero attached hydrogens (tertiary/aromatic N) is 6. The van der Waals surface area contributed by atoms with Crippen LogP contribution in [-0.4, -0.2) is 87.3 Å². The van der Waals surface area contributed by atoms with Crippen LogP contribution in [-0.2, 0) is 20.9 Å². The van der Waals surface area contributed by atoms with Crippen molar-refractivity contribution >= 4 is 23.2 Å². The second-order valence-corrected chi connectivity index (χ2v) is 10.8. The summed E-state index contributed by atoms with van der Waals surface area (Å²) in [6.07, 6.45) is 4.93. The number of thiophene rings is 1. The summed E-state index contributed by atoms with van der Waals surface area (Å²) in [6, 6.07) is 6.90. The number of aromatic nitrogens is 4. The Morgan fingerprint density at radius 2 is 2.03 bits per heavy atom. The third-order valence-corrected chi connectivity index (χ3v) is 7.99. The van der Waals surface area contributed by atoms with E-state index in [1.807, 2.05) is 30.5 Å². The summed E-state index contributed by atoms with van der Waals surface area (Å²) in [5.74, 6) is 1.20. The summed E-state index contributed by atoms with van der Waals surface area (Å²) < 4.78 is 11.1. The molecule has 2 fully saturated rings. The zero-order valence-electron chi connectivity index (χ0n) is 21.8. The van der Waals surface area contributed by atoms with Gasteiger partial charge in [0.25, 0.3) is 0 Å². The molecular weight excluding hydrogens is 506 g/mol. The minimum Gasteiger partial charge on any atom is -0.458 e. The average molecular weight is 542 g/mol. The van der Waals surface area contributed by atoms with Crippen LogP contribution in [0.1, 0.15) is 48.8 Å². The van der Waals surface area contributed by atoms with Crippen molar-refractivity contribution in [1.82, 2.24) is 35.3 Å². The third kappa shape index (κ3) is 6.66. The van der Waals surface area contributed by atoms with Gasteiger partial charge in [0.2, 0.25) is 17.6 Å². The van der Waals surface area contributed by atoms with Gasteiger partial charge >= 0.3 is 0 Å². The maximum absolute atomic E-state index is 13.8. The highest BCUT2D eigenvalue weighted by Crippen LogP contribution is 2.28. The smallest absolute Gasteiger partial charge is 0.248 e. The standard InChI is InChI=1S/C26H35N7O4S/c1-19-9-10-21(37-19)25-28-30-33(29-25)18-23(34)32(12-5-11-31-13-15-36-16-14-31)24(22-8-4-17-38-22)26(35)27-20-6-2-3-7-20/h4,8-10,17,20,24H,2-3,5-7,11-16,18H2,1H3,(H,27,35)/t24-/m1/s1. The number of tetrazole rings is 1. The molecule has 204 valence electrons. The van der Waals surface area contributed by atoms with Gasteiger partial charge in [-0.15, -0.1) is 21.5 Å². The quantitative estimate of drug-likeness (QED) is 0.394. The fourth-order valence-corrected chi connectivity index (χ4v) is 5.92. The molecule has 38 heavy (non-hydrogen) atoms. The van der Waals surface area contributed by atoms with Crippen molar-refractivity contribution in [3.05, 3.63) is 40.3 Å². The van der Waals surface area contributed by atoms with Crippen LogP contribution < -0.4 is 5.32 Å². The van der Waals surface area contributed by atoms with E-state index < -0.39 is 6.04 Å². The minimum absolute atomic E-state index is 0.122. The van der Waals surface area contributed by atoms with Crippen LogP contribution in [0.25, 0.3) is 11.6 Å². The lowest BCUT2D eigenvalue weighted by Gasteiger charge is -2.32. The van der Waals surface area contributed by atoms with Crippen molar-refractivity contribution in [2.75, 3.05) is 39.4 Å². The van der Waals surface area contributed by atoms with E-state index in [4.69, 9.17) is 9.15 Å². The zero-order valence-corrected chi connectivity index (χ0v) is 22.6. The SMILES string of the molecule is Cc1ccc(-c2nnn(CC(=O)N(CCCN3CCOCC3)[C@@H](C(=O)NC3CCCC3)c3cccs3)n2)o1. The summed E-state index contributed by atoms with van der Waals surface area (Å²) in [5.41, 5.74) is 0. The van der Waals surface area contributed by atoms with Crippen molar-refractivity contribution < 1.29 is 18.7 Å². The number of morpholine rings is 1. The first-order chi connectivity index (χ1) is 18.6. The van der Waals surface area contributed by atoms with E-state index in [1.165, 1.54) is 16.1 Å². The molecule has 0 radical (unpaired) electrons. The van der Waals surface area contributed by atoms with E-state index in [0.717, 1.165) is 75.6 Å². The minimum atomic E-state index is -0.705. The van der Waals surface area contributed by atoms with Gasteiger partial charge in [0, 0.05) is 37.1 Å². The second-order valence-electron chi connectivity index (χ2n) is 9.86. The molecular formula is C26H35N7O4S. The predicted molar refractivity (Wildman–Crippen MR) is 141 cm³/mol. The molecule has 1 aliphatic carbocycles. The maximum atomic E-state index is 13.8. The van der Waals surface area contributed by atoms with Crippen molar-refractivity contribution in [3.8, 4) is 11.6 Å². The normalized spacial score (nSPS) is 17.5. The number of ether oxygens (including phenoxy) is 1. The molecule has 3 aromatic heterocycles. The van der Waals surface area contributed by atoms with E-state index >= 15 is 0 Å². The highest BCUT2D eigenvalue weighted by molar-refractivity contribution is 7.10. The Kier molecular flexibility index (Phi) is 8.82. The molecule has 2 amide bonds. The summed E-state index contributed by atoms with van der Waals surface area (Å²) in [6.45, 7) is 6.19. The molecule has 0 aromatic carbocycles. The molecule has 2 aliphatic rings. The Hall–Kier alpha value is -3.09. The first-order valence-electron chi connectivity index (χ1n) is 13.3. The number of hydrogen-bond acceptors (Lipinski definition) is 9. The highest BCUT2D eigenvalue weighted by atomic mass is 32.1. The van der Waals surface area contributed by atoms with E-state index in [2.05, 4.69) is 25.6 Å². The van der Waals surface area contributed by atoms with E-state index in [0.29, 0.717) is 18.1 Å². The van der Waals surface area contributed by atoms with Gasteiger partial charge in [-0.25, -0.2) is 0 Å². The van der Waals surface area contributed by atoms with Gasteiger partial charge < -0.3 is 19.4 Å². The van der Waals surface area contributed by atoms with E-state index in [9.17, 15) is 9.59 Å². The Morgan fingerprint density at radius 1 is 1.21 bits per heavy atom. The molecule has 12 heteroatoms. The zero-order chi connectivity index (χ0) is 26.3. The molecule has 1 saturated heterocycles. The van der Waals surface area contributed by atoms with Crippen LogP contribution in [0.15, 0.2) is 34.1 Å². The van der Waals surface area contributed by atoms with Gasteiger partial charge in [0.05, 0.1) is 13.2 Å². The van der Waals surface area contributed by atoms with Crippen molar-refractivity contribution in [2.45, 2.75) is 57.7 Å². The molecule has 0 bridgehead atoms. The molecule has 11 nitrogen and oxygen atoms in total. The van der Waals surface area contributed by atoms with Gasteiger partial charge in [-0.1, -0.05) is 18.9 Å². The first-order valence-corrected chi connectivity index (χ1v) is 14.2. The number of furan rings is 1. The van der Waals surface area contributed by atoms with Crippen LogP contribution in [0.3, 0.4) is 0 Å². The van der Waals surface area contributed by atoms with Crippen LogP contribution in [0, 0.1) is 6.92 Å². The second kappa shape index (κ2) is 12.6. The van der Waals surface area contributed by atoms with Crippen molar-refractivity contribution in [1.29, 1.82) is 0 Å². The molecule has 1 aliphatic heterocycles. The Balaban J connectivity index is 1.34. The Labute approximate surface area is 226 Å². The van der Waals surface area contributed by atoms with Gasteiger partial charge in [0.1, 0.15) is 18.3 Å². The van der Waals surface area contributed by atoms with Crippen LogP contribution in [0.4, 0.5) is 0 Å². The molecule has 1 saturated carbocycles. The number of carbonyl (C=O) groups is 2. The van der Waals surface area contributed by atoms with Gasteiger partial charge in [-0.2, -0.15) is 4.80 Å². The number of hydrogen-bond donors (Lipinski definition) is 1.